The zero-order valence-corrected chi connectivity index (χ0v) is 7.79. The van der Waals surface area contributed by atoms with Crippen LogP contribution < -0.4 is 5.32 Å². The Balaban J connectivity index is 1.71. The number of nitrogens with one attached hydrogen (secondary N) is 1. The monoisotopic (exact) mass is 173 g/mol. The highest BCUT2D eigenvalue weighted by molar-refractivity contribution is 5.25. The molecule has 1 aromatic carbocycles. The van der Waals surface area contributed by atoms with E-state index in [2.05, 4.69) is 35.6 Å². The van der Waals surface area contributed by atoms with Crippen LogP contribution in [-0.2, 0) is 0 Å². The molecular weight excluding hydrogens is 158 g/mol. The summed E-state index contributed by atoms with van der Waals surface area (Å²) in [6.45, 7) is 0. The van der Waals surface area contributed by atoms with Crippen molar-refractivity contribution in [1.82, 2.24) is 5.32 Å². The van der Waals surface area contributed by atoms with E-state index in [9.17, 15) is 0 Å². The summed E-state index contributed by atoms with van der Waals surface area (Å²) >= 11 is 0. The molecule has 1 aromatic rings. The Morgan fingerprint density at radius 2 is 1.85 bits per heavy atom. The summed E-state index contributed by atoms with van der Waals surface area (Å²) in [5.41, 5.74) is 2.03. The third kappa shape index (κ3) is 1.11. The second-order valence-corrected chi connectivity index (χ2v) is 4.45. The van der Waals surface area contributed by atoms with E-state index in [1.807, 2.05) is 0 Å². The van der Waals surface area contributed by atoms with Crippen LogP contribution in [0.4, 0.5) is 0 Å². The Labute approximate surface area is 79.2 Å². The number of benzene rings is 1. The average molecular weight is 173 g/mol. The highest BCUT2D eigenvalue weighted by Gasteiger charge is 2.47. The van der Waals surface area contributed by atoms with Crippen LogP contribution in [0.5, 0.6) is 0 Å². The summed E-state index contributed by atoms with van der Waals surface area (Å²) in [5, 5.41) is 3.71. The largest absolute Gasteiger partial charge is 0.304 e. The minimum atomic E-state index is 0.570. The van der Waals surface area contributed by atoms with Gasteiger partial charge in [0, 0.05) is 11.6 Å². The van der Waals surface area contributed by atoms with E-state index >= 15 is 0 Å². The second kappa shape index (κ2) is 2.58. The molecule has 2 fully saturated rings. The Morgan fingerprint density at radius 3 is 2.38 bits per heavy atom. The van der Waals surface area contributed by atoms with Crippen LogP contribution in [0.3, 0.4) is 0 Å². The van der Waals surface area contributed by atoms with Crippen LogP contribution in [0.25, 0.3) is 0 Å². The maximum atomic E-state index is 3.71. The molecule has 3 rings (SSSR count). The fourth-order valence-corrected chi connectivity index (χ4v) is 2.58. The first kappa shape index (κ1) is 7.57. The first-order chi connectivity index (χ1) is 6.38. The van der Waals surface area contributed by atoms with Gasteiger partial charge in [0.05, 0.1) is 0 Å². The fraction of sp³-hybridized carbons (Fsp3) is 0.500. The van der Waals surface area contributed by atoms with E-state index in [1.54, 1.807) is 0 Å². The van der Waals surface area contributed by atoms with Crippen molar-refractivity contribution >= 4 is 0 Å². The molecule has 2 aliphatic rings. The molecular formula is C12H15N. The molecule has 1 aliphatic heterocycles. The van der Waals surface area contributed by atoms with Gasteiger partial charge in [-0.15, -0.1) is 0 Å². The molecule has 1 N–H and O–H groups in total. The highest BCUT2D eigenvalue weighted by Crippen LogP contribution is 2.47. The Kier molecular flexibility index (Phi) is 1.50. The minimum absolute atomic E-state index is 0.570. The van der Waals surface area contributed by atoms with Gasteiger partial charge in [0.2, 0.25) is 0 Å². The predicted octanol–water partition coefficient (Wildman–Crippen LogP) is 2.64. The van der Waals surface area contributed by atoms with Crippen LogP contribution >= 0.6 is 0 Å². The van der Waals surface area contributed by atoms with E-state index in [1.165, 1.54) is 31.2 Å². The van der Waals surface area contributed by atoms with Gasteiger partial charge in [0.25, 0.3) is 0 Å². The molecule has 1 heterocycles. The van der Waals surface area contributed by atoms with E-state index in [0.717, 1.165) is 0 Å². The molecule has 1 saturated carbocycles. The van der Waals surface area contributed by atoms with E-state index in [-0.39, 0.29) is 0 Å². The third-order valence-electron chi connectivity index (χ3n) is 3.59. The molecule has 1 spiro atoms. The number of hydrogen-bond acceptors (Lipinski definition) is 1. The van der Waals surface area contributed by atoms with Gasteiger partial charge in [-0.25, -0.2) is 0 Å². The summed E-state index contributed by atoms with van der Waals surface area (Å²) in [5.74, 6) is 0. The Morgan fingerprint density at radius 1 is 1.15 bits per heavy atom. The molecule has 1 nitrogen and oxygen atoms in total. The van der Waals surface area contributed by atoms with Crippen LogP contribution in [0.15, 0.2) is 30.3 Å². The Bertz CT molecular complexity index is 292. The predicted molar refractivity (Wildman–Crippen MR) is 53.5 cm³/mol. The lowest BCUT2D eigenvalue weighted by molar-refractivity contribution is 0.0509. The summed E-state index contributed by atoms with van der Waals surface area (Å²) in [7, 11) is 0. The normalized spacial score (nSPS) is 29.4. The van der Waals surface area contributed by atoms with Crippen LogP contribution in [-0.4, -0.2) is 5.54 Å². The van der Waals surface area contributed by atoms with Gasteiger partial charge in [-0.2, -0.15) is 0 Å². The molecule has 1 saturated heterocycles. The first-order valence-corrected chi connectivity index (χ1v) is 5.21. The minimum Gasteiger partial charge on any atom is -0.304 e. The smallest absolute Gasteiger partial charge is 0.0342 e. The summed E-state index contributed by atoms with van der Waals surface area (Å²) in [6, 6.07) is 11.4. The molecule has 13 heavy (non-hydrogen) atoms. The summed E-state index contributed by atoms with van der Waals surface area (Å²) in [4.78, 5) is 0. The molecule has 0 aromatic heterocycles. The molecule has 1 aliphatic carbocycles. The fourth-order valence-electron chi connectivity index (χ4n) is 2.58. The van der Waals surface area contributed by atoms with Gasteiger partial charge >= 0.3 is 0 Å². The average Bonchev–Trinajstić information content (AvgIpc) is 2.01. The van der Waals surface area contributed by atoms with Crippen molar-refractivity contribution in [3.8, 4) is 0 Å². The quantitative estimate of drug-likeness (QED) is 0.688. The van der Waals surface area contributed by atoms with Gasteiger partial charge in [0.1, 0.15) is 0 Å². The van der Waals surface area contributed by atoms with Crippen LogP contribution in [0.1, 0.15) is 37.3 Å². The van der Waals surface area contributed by atoms with Crippen molar-refractivity contribution in [3.05, 3.63) is 35.9 Å². The Hall–Kier alpha value is -0.820. The first-order valence-electron chi connectivity index (χ1n) is 5.21. The molecule has 1 heteroatoms. The molecule has 0 amide bonds. The maximum Gasteiger partial charge on any atom is 0.0342 e. The number of rotatable bonds is 1. The van der Waals surface area contributed by atoms with Crippen molar-refractivity contribution in [2.24, 2.45) is 0 Å². The SMILES string of the molecule is c1ccc(C2CC3(CCC3)N2)cc1. The molecule has 0 bridgehead atoms. The van der Waals surface area contributed by atoms with Crippen molar-refractivity contribution < 1.29 is 0 Å². The lowest BCUT2D eigenvalue weighted by Crippen LogP contribution is -2.62. The summed E-state index contributed by atoms with van der Waals surface area (Å²) < 4.78 is 0. The van der Waals surface area contributed by atoms with Crippen molar-refractivity contribution in [2.75, 3.05) is 0 Å². The maximum absolute atomic E-state index is 3.71. The van der Waals surface area contributed by atoms with E-state index in [4.69, 9.17) is 0 Å². The second-order valence-electron chi connectivity index (χ2n) is 4.45. The zero-order chi connectivity index (χ0) is 8.73. The van der Waals surface area contributed by atoms with Crippen molar-refractivity contribution in [1.29, 1.82) is 0 Å². The summed E-state index contributed by atoms with van der Waals surface area (Å²) in [6.07, 6.45) is 5.58. The van der Waals surface area contributed by atoms with Crippen LogP contribution in [0, 0.1) is 0 Å². The lowest BCUT2D eigenvalue weighted by atomic mass is 9.65. The molecule has 0 radical (unpaired) electrons. The van der Waals surface area contributed by atoms with Gasteiger partial charge in [0.15, 0.2) is 0 Å². The third-order valence-corrected chi connectivity index (χ3v) is 3.59. The molecule has 1 unspecified atom stereocenters. The lowest BCUT2D eigenvalue weighted by Gasteiger charge is -2.55. The zero-order valence-electron chi connectivity index (χ0n) is 7.79. The van der Waals surface area contributed by atoms with Gasteiger partial charge in [-0.1, -0.05) is 30.3 Å². The topological polar surface area (TPSA) is 12.0 Å². The van der Waals surface area contributed by atoms with E-state index in [0.29, 0.717) is 11.6 Å². The van der Waals surface area contributed by atoms with Gasteiger partial charge < -0.3 is 5.32 Å². The van der Waals surface area contributed by atoms with Crippen molar-refractivity contribution in [2.45, 2.75) is 37.3 Å². The highest BCUT2D eigenvalue weighted by atomic mass is 15.1. The van der Waals surface area contributed by atoms with Gasteiger partial charge in [-0.3, -0.25) is 0 Å². The van der Waals surface area contributed by atoms with E-state index < -0.39 is 0 Å². The molecule has 1 atom stereocenters. The standard InChI is InChI=1S/C12H15N/c1-2-5-10(6-3-1)11-9-12(13-11)7-4-8-12/h1-3,5-6,11,13H,4,7-9H2. The number of hydrogen-bond donors (Lipinski definition) is 1. The molecule has 68 valence electrons. The van der Waals surface area contributed by atoms with Gasteiger partial charge in [-0.05, 0) is 31.2 Å². The van der Waals surface area contributed by atoms with Crippen molar-refractivity contribution in [3.63, 3.8) is 0 Å². The van der Waals surface area contributed by atoms with Crippen LogP contribution in [0.2, 0.25) is 0 Å².